The van der Waals surface area contributed by atoms with E-state index in [-0.39, 0.29) is 28.9 Å². The van der Waals surface area contributed by atoms with E-state index in [1.165, 1.54) is 4.57 Å². The molecule has 9 heteroatoms. The molecule has 1 unspecified atom stereocenters. The minimum atomic E-state index is -1.13. The second-order valence-corrected chi connectivity index (χ2v) is 7.13. The van der Waals surface area contributed by atoms with Gasteiger partial charge in [-0.25, -0.2) is 14.6 Å². The van der Waals surface area contributed by atoms with Gasteiger partial charge in [0.2, 0.25) is 0 Å². The fourth-order valence-corrected chi connectivity index (χ4v) is 3.27. The van der Waals surface area contributed by atoms with Gasteiger partial charge < -0.3 is 10.4 Å². The standard InChI is InChI=1S/C19H24N4O5/c1-3-5-12(18(26)27)21-16(24)11-9-13(10-6-7-10)20-15-14(11)17(25)22-19(28)23(15)8-4-2/h9-10,12H,3-8H2,1-2H3,(H,21,24)(H,26,27)(H,22,25,28). The normalized spacial score (nSPS) is 14.8. The lowest BCUT2D eigenvalue weighted by atomic mass is 10.1. The quantitative estimate of drug-likeness (QED) is 0.625. The average Bonchev–Trinajstić information content (AvgIpc) is 3.48. The third-order valence-electron chi connectivity index (χ3n) is 4.84. The van der Waals surface area contributed by atoms with Gasteiger partial charge in [-0.3, -0.25) is 19.1 Å². The summed E-state index contributed by atoms with van der Waals surface area (Å²) in [6, 6.07) is 0.502. The number of carboxylic acids is 1. The van der Waals surface area contributed by atoms with Crippen LogP contribution in [0.15, 0.2) is 15.7 Å². The van der Waals surface area contributed by atoms with E-state index in [4.69, 9.17) is 0 Å². The molecule has 0 bridgehead atoms. The van der Waals surface area contributed by atoms with Crippen molar-refractivity contribution in [3.05, 3.63) is 38.2 Å². The molecule has 3 rings (SSSR count). The van der Waals surface area contributed by atoms with E-state index in [9.17, 15) is 24.3 Å². The van der Waals surface area contributed by atoms with E-state index >= 15 is 0 Å². The Morgan fingerprint density at radius 3 is 2.61 bits per heavy atom. The Kier molecular flexibility index (Phi) is 5.62. The summed E-state index contributed by atoms with van der Waals surface area (Å²) in [6.45, 7) is 4.06. The molecule has 150 valence electrons. The summed E-state index contributed by atoms with van der Waals surface area (Å²) < 4.78 is 1.36. The number of carboxylic acid groups (broad SMARTS) is 1. The Morgan fingerprint density at radius 2 is 2.04 bits per heavy atom. The number of hydrogen-bond acceptors (Lipinski definition) is 5. The molecule has 1 aliphatic rings. The van der Waals surface area contributed by atoms with E-state index in [0.29, 0.717) is 25.1 Å². The molecule has 3 N–H and O–H groups in total. The minimum absolute atomic E-state index is 0.00980. The number of aromatic amines is 1. The van der Waals surface area contributed by atoms with Crippen molar-refractivity contribution in [3.63, 3.8) is 0 Å². The predicted molar refractivity (Wildman–Crippen MR) is 103 cm³/mol. The first-order valence-corrected chi connectivity index (χ1v) is 9.58. The number of hydrogen-bond donors (Lipinski definition) is 3. The molecule has 1 atom stereocenters. The van der Waals surface area contributed by atoms with Crippen LogP contribution in [-0.2, 0) is 11.3 Å². The summed E-state index contributed by atoms with van der Waals surface area (Å²) in [5.74, 6) is -1.60. The molecule has 2 aromatic rings. The zero-order chi connectivity index (χ0) is 20.4. The van der Waals surface area contributed by atoms with Crippen LogP contribution >= 0.6 is 0 Å². The smallest absolute Gasteiger partial charge is 0.329 e. The van der Waals surface area contributed by atoms with Gasteiger partial charge in [0.15, 0.2) is 5.65 Å². The SMILES string of the molecule is CCCC(NC(=O)c1cc(C2CC2)nc2c1c(=O)[nH]c(=O)n2CCC)C(=O)O. The van der Waals surface area contributed by atoms with Gasteiger partial charge in [-0.05, 0) is 31.7 Å². The van der Waals surface area contributed by atoms with Gasteiger partial charge in [-0.15, -0.1) is 0 Å². The lowest BCUT2D eigenvalue weighted by molar-refractivity contribution is -0.139. The number of carbonyl (C=O) groups is 2. The molecule has 9 nitrogen and oxygen atoms in total. The molecule has 28 heavy (non-hydrogen) atoms. The molecule has 1 aliphatic carbocycles. The van der Waals surface area contributed by atoms with Crippen LogP contribution in [0.1, 0.15) is 67.9 Å². The predicted octanol–water partition coefficient (Wildman–Crippen LogP) is 1.36. The number of aliphatic carboxylic acids is 1. The highest BCUT2D eigenvalue weighted by Crippen LogP contribution is 2.39. The molecular weight excluding hydrogens is 364 g/mol. The third-order valence-corrected chi connectivity index (χ3v) is 4.84. The topological polar surface area (TPSA) is 134 Å². The number of aryl methyl sites for hydroxylation is 1. The highest BCUT2D eigenvalue weighted by molar-refractivity contribution is 6.06. The van der Waals surface area contributed by atoms with E-state index < -0.39 is 29.2 Å². The molecule has 0 aliphatic heterocycles. The van der Waals surface area contributed by atoms with Gasteiger partial charge in [0.25, 0.3) is 11.5 Å². The van der Waals surface area contributed by atoms with Gasteiger partial charge in [0, 0.05) is 18.2 Å². The van der Waals surface area contributed by atoms with Crippen LogP contribution in [-0.4, -0.2) is 37.6 Å². The van der Waals surface area contributed by atoms with Gasteiger partial charge in [0.05, 0.1) is 10.9 Å². The largest absolute Gasteiger partial charge is 0.480 e. The van der Waals surface area contributed by atoms with Crippen molar-refractivity contribution in [2.45, 2.75) is 64.5 Å². The van der Waals surface area contributed by atoms with Crippen molar-refractivity contribution in [2.75, 3.05) is 0 Å². The zero-order valence-electron chi connectivity index (χ0n) is 15.9. The van der Waals surface area contributed by atoms with Crippen LogP contribution in [0, 0.1) is 0 Å². The number of nitrogens with one attached hydrogen (secondary N) is 2. The van der Waals surface area contributed by atoms with Crippen LogP contribution in [0.25, 0.3) is 11.0 Å². The summed E-state index contributed by atoms with van der Waals surface area (Å²) in [6.07, 6.45) is 3.35. The summed E-state index contributed by atoms with van der Waals surface area (Å²) in [5.41, 5.74) is -0.391. The molecule has 0 radical (unpaired) electrons. The minimum Gasteiger partial charge on any atom is -0.480 e. The number of H-pyrrole nitrogens is 1. The molecule has 1 fully saturated rings. The fraction of sp³-hybridized carbons (Fsp3) is 0.526. The summed E-state index contributed by atoms with van der Waals surface area (Å²) in [7, 11) is 0. The van der Waals surface area contributed by atoms with Crippen molar-refractivity contribution < 1.29 is 14.7 Å². The maximum Gasteiger partial charge on any atom is 0.329 e. The van der Waals surface area contributed by atoms with Crippen molar-refractivity contribution in [3.8, 4) is 0 Å². The van der Waals surface area contributed by atoms with Gasteiger partial charge in [0.1, 0.15) is 6.04 Å². The van der Waals surface area contributed by atoms with Gasteiger partial charge in [-0.2, -0.15) is 0 Å². The maximum atomic E-state index is 12.9. The van der Waals surface area contributed by atoms with Crippen molar-refractivity contribution in [1.29, 1.82) is 0 Å². The Labute approximate surface area is 160 Å². The molecule has 2 aromatic heterocycles. The Morgan fingerprint density at radius 1 is 1.32 bits per heavy atom. The number of pyridine rings is 1. The van der Waals surface area contributed by atoms with Crippen LogP contribution in [0.3, 0.4) is 0 Å². The highest BCUT2D eigenvalue weighted by atomic mass is 16.4. The highest BCUT2D eigenvalue weighted by Gasteiger charge is 2.29. The van der Waals surface area contributed by atoms with Crippen LogP contribution in [0.5, 0.6) is 0 Å². The zero-order valence-corrected chi connectivity index (χ0v) is 15.9. The summed E-state index contributed by atoms with van der Waals surface area (Å²) in [4.78, 5) is 55.9. The number of carbonyl (C=O) groups excluding carboxylic acids is 1. The lowest BCUT2D eigenvalue weighted by Crippen LogP contribution is -2.41. The van der Waals surface area contributed by atoms with Crippen LogP contribution in [0.4, 0.5) is 0 Å². The van der Waals surface area contributed by atoms with Crippen molar-refractivity contribution in [1.82, 2.24) is 19.9 Å². The Bertz CT molecular complexity index is 1040. The van der Waals surface area contributed by atoms with Crippen molar-refractivity contribution in [2.24, 2.45) is 0 Å². The Hall–Kier alpha value is -2.97. The number of rotatable bonds is 8. The van der Waals surface area contributed by atoms with Gasteiger partial charge in [-0.1, -0.05) is 20.3 Å². The molecule has 1 saturated carbocycles. The first kappa shape index (κ1) is 19.8. The maximum absolute atomic E-state index is 12.9. The lowest BCUT2D eigenvalue weighted by Gasteiger charge is -2.16. The van der Waals surface area contributed by atoms with Crippen LogP contribution < -0.4 is 16.6 Å². The fourth-order valence-electron chi connectivity index (χ4n) is 3.27. The second-order valence-electron chi connectivity index (χ2n) is 7.13. The molecular formula is C19H24N4O5. The first-order chi connectivity index (χ1) is 13.4. The molecule has 0 saturated heterocycles. The number of amides is 1. The second kappa shape index (κ2) is 7.95. The number of aromatic nitrogens is 3. The molecule has 0 spiro atoms. The van der Waals surface area contributed by atoms with Gasteiger partial charge >= 0.3 is 11.7 Å². The molecule has 0 aromatic carbocycles. The third kappa shape index (κ3) is 3.83. The summed E-state index contributed by atoms with van der Waals surface area (Å²) in [5, 5.41) is 11.8. The molecule has 2 heterocycles. The van der Waals surface area contributed by atoms with E-state index in [0.717, 1.165) is 12.8 Å². The molecule has 1 amide bonds. The number of nitrogens with zero attached hydrogens (tertiary/aromatic N) is 2. The van der Waals surface area contributed by atoms with E-state index in [1.54, 1.807) is 6.07 Å². The summed E-state index contributed by atoms with van der Waals surface area (Å²) >= 11 is 0. The van der Waals surface area contributed by atoms with E-state index in [2.05, 4.69) is 15.3 Å². The monoisotopic (exact) mass is 388 g/mol. The number of fused-ring (bicyclic) bond motifs is 1. The Balaban J connectivity index is 2.19. The first-order valence-electron chi connectivity index (χ1n) is 9.58. The average molecular weight is 388 g/mol. The van der Waals surface area contributed by atoms with Crippen LogP contribution in [0.2, 0.25) is 0 Å². The van der Waals surface area contributed by atoms with Crippen molar-refractivity contribution >= 4 is 22.9 Å². The van der Waals surface area contributed by atoms with E-state index in [1.807, 2.05) is 13.8 Å².